The predicted octanol–water partition coefficient (Wildman–Crippen LogP) is 2.25. The van der Waals surface area contributed by atoms with E-state index in [1.165, 1.54) is 25.4 Å². The van der Waals surface area contributed by atoms with Crippen LogP contribution in [0.5, 0.6) is 11.6 Å². The van der Waals surface area contributed by atoms with Gasteiger partial charge in [0.15, 0.2) is 11.6 Å². The maximum atomic E-state index is 12.0. The van der Waals surface area contributed by atoms with E-state index in [2.05, 4.69) is 4.98 Å². The summed E-state index contributed by atoms with van der Waals surface area (Å²) in [6.45, 7) is 0. The van der Waals surface area contributed by atoms with Crippen molar-refractivity contribution in [3.8, 4) is 11.6 Å². The standard InChI is InChI=1S/C15H13NO4/c1-20-15-7-6-10(9-16-15)13(18)8-14(19)11-4-2-3-5-12(11)17/h2-7,9,17H,8H2,1H3. The minimum atomic E-state index is -0.427. The monoisotopic (exact) mass is 271 g/mol. The summed E-state index contributed by atoms with van der Waals surface area (Å²) in [5, 5.41) is 9.57. The van der Waals surface area contributed by atoms with Gasteiger partial charge in [-0.1, -0.05) is 12.1 Å². The molecule has 1 aromatic carbocycles. The number of benzene rings is 1. The van der Waals surface area contributed by atoms with Crippen molar-refractivity contribution in [1.82, 2.24) is 4.98 Å². The molecule has 1 aromatic heterocycles. The molecular weight excluding hydrogens is 258 g/mol. The summed E-state index contributed by atoms with van der Waals surface area (Å²) in [6.07, 6.45) is 1.05. The molecule has 0 fully saturated rings. The summed E-state index contributed by atoms with van der Waals surface area (Å²) in [6, 6.07) is 9.24. The van der Waals surface area contributed by atoms with E-state index in [4.69, 9.17) is 4.74 Å². The highest BCUT2D eigenvalue weighted by Gasteiger charge is 2.16. The van der Waals surface area contributed by atoms with Crippen molar-refractivity contribution in [2.75, 3.05) is 7.11 Å². The Morgan fingerprint density at radius 2 is 1.90 bits per heavy atom. The topological polar surface area (TPSA) is 76.5 Å². The third-order valence-corrected chi connectivity index (χ3v) is 2.79. The summed E-state index contributed by atoms with van der Waals surface area (Å²) in [4.78, 5) is 27.8. The number of ketones is 2. The number of aromatic nitrogens is 1. The van der Waals surface area contributed by atoms with Gasteiger partial charge >= 0.3 is 0 Å². The van der Waals surface area contributed by atoms with Crippen molar-refractivity contribution >= 4 is 11.6 Å². The molecule has 1 N–H and O–H groups in total. The van der Waals surface area contributed by atoms with E-state index >= 15 is 0 Å². The van der Waals surface area contributed by atoms with Crippen molar-refractivity contribution in [2.45, 2.75) is 6.42 Å². The highest BCUT2D eigenvalue weighted by Crippen LogP contribution is 2.18. The molecule has 5 heteroatoms. The summed E-state index contributed by atoms with van der Waals surface area (Å²) in [7, 11) is 1.48. The number of carbonyl (C=O) groups excluding carboxylic acids is 2. The molecule has 5 nitrogen and oxygen atoms in total. The summed E-state index contributed by atoms with van der Waals surface area (Å²) in [5.41, 5.74) is 0.469. The second-order valence-electron chi connectivity index (χ2n) is 4.13. The molecule has 0 amide bonds. The highest BCUT2D eigenvalue weighted by atomic mass is 16.5. The van der Waals surface area contributed by atoms with E-state index < -0.39 is 5.78 Å². The van der Waals surface area contributed by atoms with Gasteiger partial charge in [0.05, 0.1) is 19.1 Å². The molecule has 0 unspecified atom stereocenters. The number of ether oxygens (including phenoxy) is 1. The van der Waals surface area contributed by atoms with Gasteiger partial charge in [0.1, 0.15) is 5.75 Å². The zero-order valence-corrected chi connectivity index (χ0v) is 10.9. The minimum Gasteiger partial charge on any atom is -0.507 e. The number of Topliss-reactive ketones (excluding diaryl/α,β-unsaturated/α-hetero) is 2. The average Bonchev–Trinajstić information content (AvgIpc) is 2.47. The molecule has 0 aliphatic rings. The van der Waals surface area contributed by atoms with Crippen LogP contribution in [0.4, 0.5) is 0 Å². The van der Waals surface area contributed by atoms with Gasteiger partial charge in [-0.15, -0.1) is 0 Å². The zero-order chi connectivity index (χ0) is 14.5. The normalized spacial score (nSPS) is 10.1. The Kier molecular flexibility index (Phi) is 4.10. The van der Waals surface area contributed by atoms with Crippen LogP contribution < -0.4 is 4.74 Å². The maximum Gasteiger partial charge on any atom is 0.212 e. The van der Waals surface area contributed by atoms with Crippen LogP contribution in [0.2, 0.25) is 0 Å². The molecule has 0 radical (unpaired) electrons. The molecule has 0 saturated carbocycles. The first-order valence-corrected chi connectivity index (χ1v) is 5.96. The number of aromatic hydroxyl groups is 1. The number of phenols is 1. The van der Waals surface area contributed by atoms with Crippen molar-refractivity contribution in [3.05, 3.63) is 53.7 Å². The molecule has 0 atom stereocenters. The average molecular weight is 271 g/mol. The third-order valence-electron chi connectivity index (χ3n) is 2.79. The lowest BCUT2D eigenvalue weighted by Crippen LogP contribution is -2.09. The number of hydrogen-bond acceptors (Lipinski definition) is 5. The largest absolute Gasteiger partial charge is 0.507 e. The Labute approximate surface area is 115 Å². The van der Waals surface area contributed by atoms with Crippen molar-refractivity contribution in [3.63, 3.8) is 0 Å². The molecule has 20 heavy (non-hydrogen) atoms. The number of phenolic OH excluding ortho intramolecular Hbond substituents is 1. The first kappa shape index (κ1) is 13.7. The minimum absolute atomic E-state index is 0.127. The lowest BCUT2D eigenvalue weighted by Gasteiger charge is -2.04. The Hall–Kier alpha value is -2.69. The van der Waals surface area contributed by atoms with E-state index in [0.29, 0.717) is 11.4 Å². The van der Waals surface area contributed by atoms with Crippen molar-refractivity contribution in [2.24, 2.45) is 0 Å². The maximum absolute atomic E-state index is 12.0. The van der Waals surface area contributed by atoms with E-state index in [1.54, 1.807) is 24.3 Å². The summed E-state index contributed by atoms with van der Waals surface area (Å²) in [5.74, 6) is -0.510. The summed E-state index contributed by atoms with van der Waals surface area (Å²) >= 11 is 0. The molecule has 1 heterocycles. The van der Waals surface area contributed by atoms with Gasteiger partial charge in [-0.05, 0) is 18.2 Å². The molecule has 0 bridgehead atoms. The van der Waals surface area contributed by atoms with Crippen molar-refractivity contribution < 1.29 is 19.4 Å². The molecule has 102 valence electrons. The van der Waals surface area contributed by atoms with E-state index in [9.17, 15) is 14.7 Å². The molecule has 0 aliphatic carbocycles. The van der Waals surface area contributed by atoms with Gasteiger partial charge in [0.2, 0.25) is 5.88 Å². The van der Waals surface area contributed by atoms with Crippen LogP contribution in [0.15, 0.2) is 42.6 Å². The Morgan fingerprint density at radius 1 is 1.15 bits per heavy atom. The molecule has 2 rings (SSSR count). The van der Waals surface area contributed by atoms with Crippen LogP contribution in [-0.4, -0.2) is 28.8 Å². The van der Waals surface area contributed by atoms with Crippen molar-refractivity contribution in [1.29, 1.82) is 0 Å². The highest BCUT2D eigenvalue weighted by molar-refractivity contribution is 6.14. The second-order valence-corrected chi connectivity index (χ2v) is 4.13. The third kappa shape index (κ3) is 3.00. The number of carbonyl (C=O) groups is 2. The van der Waals surface area contributed by atoms with Gasteiger partial charge in [0.25, 0.3) is 0 Å². The van der Waals surface area contributed by atoms with E-state index in [-0.39, 0.29) is 23.5 Å². The number of methoxy groups -OCH3 is 1. The molecule has 0 saturated heterocycles. The number of rotatable bonds is 5. The molecular formula is C15H13NO4. The zero-order valence-electron chi connectivity index (χ0n) is 10.9. The lowest BCUT2D eigenvalue weighted by molar-refractivity contribution is 0.0893. The first-order valence-electron chi connectivity index (χ1n) is 5.96. The fraction of sp³-hybridized carbons (Fsp3) is 0.133. The predicted molar refractivity (Wildman–Crippen MR) is 72.2 cm³/mol. The Balaban J connectivity index is 2.11. The lowest BCUT2D eigenvalue weighted by atomic mass is 10.0. The molecule has 2 aromatic rings. The van der Waals surface area contributed by atoms with Gasteiger partial charge in [-0.3, -0.25) is 9.59 Å². The van der Waals surface area contributed by atoms with Gasteiger partial charge in [-0.2, -0.15) is 0 Å². The Bertz CT molecular complexity index is 635. The Morgan fingerprint density at radius 3 is 2.50 bits per heavy atom. The SMILES string of the molecule is COc1ccc(C(=O)CC(=O)c2ccccc2O)cn1. The van der Waals surface area contributed by atoms with E-state index in [1.807, 2.05) is 0 Å². The number of hydrogen-bond donors (Lipinski definition) is 1. The molecule has 0 aliphatic heterocycles. The van der Waals surface area contributed by atoms with Crippen LogP contribution in [0.25, 0.3) is 0 Å². The van der Waals surface area contributed by atoms with Gasteiger partial charge < -0.3 is 9.84 Å². The number of para-hydroxylation sites is 1. The fourth-order valence-corrected chi connectivity index (χ4v) is 1.72. The van der Waals surface area contributed by atoms with Crippen LogP contribution in [0.1, 0.15) is 27.1 Å². The van der Waals surface area contributed by atoms with Crippen LogP contribution >= 0.6 is 0 Å². The van der Waals surface area contributed by atoms with Crippen LogP contribution in [0, 0.1) is 0 Å². The van der Waals surface area contributed by atoms with E-state index in [0.717, 1.165) is 0 Å². The smallest absolute Gasteiger partial charge is 0.212 e. The number of nitrogens with zero attached hydrogens (tertiary/aromatic N) is 1. The molecule has 0 spiro atoms. The van der Waals surface area contributed by atoms with Crippen LogP contribution in [-0.2, 0) is 0 Å². The van der Waals surface area contributed by atoms with Gasteiger partial charge in [-0.25, -0.2) is 4.98 Å². The van der Waals surface area contributed by atoms with Gasteiger partial charge in [0, 0.05) is 17.8 Å². The fourth-order valence-electron chi connectivity index (χ4n) is 1.72. The quantitative estimate of drug-likeness (QED) is 0.666. The van der Waals surface area contributed by atoms with Crippen LogP contribution in [0.3, 0.4) is 0 Å². The second kappa shape index (κ2) is 5.97. The number of pyridine rings is 1. The first-order chi connectivity index (χ1) is 9.61. The summed E-state index contributed by atoms with van der Waals surface area (Å²) < 4.78 is 4.89.